The number of hydrogen-bond acceptors (Lipinski definition) is 5. The quantitative estimate of drug-likeness (QED) is 0.632. The Morgan fingerprint density at radius 3 is 2.48 bits per heavy atom. The van der Waals surface area contributed by atoms with Gasteiger partial charge in [0.15, 0.2) is 0 Å². The molecule has 1 aromatic rings. The third kappa shape index (κ3) is 4.40. The van der Waals surface area contributed by atoms with Crippen LogP contribution in [0.15, 0.2) is 23.1 Å². The van der Waals surface area contributed by atoms with Gasteiger partial charge in [-0.3, -0.25) is 4.79 Å². The van der Waals surface area contributed by atoms with E-state index in [9.17, 15) is 17.6 Å². The molecule has 1 aromatic carbocycles. The van der Waals surface area contributed by atoms with Gasteiger partial charge in [0.1, 0.15) is 12.4 Å². The van der Waals surface area contributed by atoms with Crippen molar-refractivity contribution < 1.29 is 22.3 Å². The van der Waals surface area contributed by atoms with Crippen LogP contribution in [0.4, 0.5) is 10.1 Å². The third-order valence-corrected chi connectivity index (χ3v) is 4.67. The van der Waals surface area contributed by atoms with Gasteiger partial charge in [-0.15, -0.1) is 0 Å². The molecule has 0 fully saturated rings. The smallest absolute Gasteiger partial charge is 0.321 e. The number of nitrogens with two attached hydrogens (primary N) is 1. The predicted molar refractivity (Wildman–Crippen MR) is 76.5 cm³/mol. The zero-order chi connectivity index (χ0) is 16.2. The average Bonchev–Trinajstić information content (AvgIpc) is 2.34. The molecule has 0 aliphatic heterocycles. The van der Waals surface area contributed by atoms with Crippen molar-refractivity contribution in [3.05, 3.63) is 24.0 Å². The number of carbonyl (C=O) groups is 1. The molecule has 0 unspecified atom stereocenters. The maximum absolute atomic E-state index is 13.4. The van der Waals surface area contributed by atoms with Crippen LogP contribution in [-0.4, -0.2) is 37.9 Å². The van der Waals surface area contributed by atoms with Crippen LogP contribution >= 0.6 is 0 Å². The summed E-state index contributed by atoms with van der Waals surface area (Å²) in [5.74, 6) is -1.42. The Balaban J connectivity index is 3.19. The Labute approximate surface area is 123 Å². The molecule has 1 rings (SSSR count). The summed E-state index contributed by atoms with van der Waals surface area (Å²) >= 11 is 0. The minimum absolute atomic E-state index is 0.00610. The van der Waals surface area contributed by atoms with Crippen molar-refractivity contribution in [3.63, 3.8) is 0 Å². The Morgan fingerprint density at radius 2 is 2.00 bits per heavy atom. The lowest BCUT2D eigenvalue weighted by Crippen LogP contribution is -2.41. The van der Waals surface area contributed by atoms with Gasteiger partial charge in [0, 0.05) is 11.7 Å². The van der Waals surface area contributed by atoms with E-state index < -0.39 is 34.4 Å². The second-order valence-corrected chi connectivity index (χ2v) is 6.56. The van der Waals surface area contributed by atoms with Crippen LogP contribution in [0.25, 0.3) is 0 Å². The largest absolute Gasteiger partial charge is 0.465 e. The van der Waals surface area contributed by atoms with Gasteiger partial charge in [-0.2, -0.15) is 4.31 Å². The van der Waals surface area contributed by atoms with E-state index >= 15 is 0 Å². The molecule has 0 aliphatic carbocycles. The highest BCUT2D eigenvalue weighted by Gasteiger charge is 2.30. The number of rotatable bonds is 6. The number of nitrogens with zero attached hydrogens (tertiary/aromatic N) is 1. The molecule has 2 N–H and O–H groups in total. The van der Waals surface area contributed by atoms with E-state index in [4.69, 9.17) is 10.5 Å². The van der Waals surface area contributed by atoms with E-state index in [1.54, 1.807) is 20.8 Å². The minimum Gasteiger partial charge on any atom is -0.465 e. The number of nitrogen functional groups attached to an aromatic ring is 1. The summed E-state index contributed by atoms with van der Waals surface area (Å²) in [4.78, 5) is 11.2. The highest BCUT2D eigenvalue weighted by Crippen LogP contribution is 2.21. The molecule has 0 amide bonds. The van der Waals surface area contributed by atoms with Crippen molar-refractivity contribution >= 4 is 21.7 Å². The molecule has 21 heavy (non-hydrogen) atoms. The molecule has 0 atom stereocenters. The topological polar surface area (TPSA) is 89.7 Å². The van der Waals surface area contributed by atoms with Gasteiger partial charge >= 0.3 is 5.97 Å². The first-order valence-corrected chi connectivity index (χ1v) is 7.86. The third-order valence-electron chi connectivity index (χ3n) is 2.67. The maximum atomic E-state index is 13.4. The van der Waals surface area contributed by atoms with Gasteiger partial charge < -0.3 is 10.5 Å². The zero-order valence-corrected chi connectivity index (χ0v) is 13.0. The van der Waals surface area contributed by atoms with Gasteiger partial charge in [-0.25, -0.2) is 12.8 Å². The van der Waals surface area contributed by atoms with E-state index in [1.807, 2.05) is 0 Å². The second-order valence-electron chi connectivity index (χ2n) is 4.67. The molecule has 0 spiro atoms. The van der Waals surface area contributed by atoms with Gasteiger partial charge in [0.25, 0.3) is 0 Å². The zero-order valence-electron chi connectivity index (χ0n) is 12.2. The van der Waals surface area contributed by atoms with Crippen LogP contribution in [0, 0.1) is 5.82 Å². The summed E-state index contributed by atoms with van der Waals surface area (Å²) in [5, 5.41) is 0. The molecule has 0 radical (unpaired) electrons. The fraction of sp³-hybridized carbons (Fsp3) is 0.462. The minimum atomic E-state index is -4.05. The summed E-state index contributed by atoms with van der Waals surface area (Å²) in [6, 6.07) is 2.54. The van der Waals surface area contributed by atoms with E-state index in [1.165, 1.54) is 0 Å². The first kappa shape index (κ1) is 17.4. The molecule has 0 heterocycles. The molecular formula is C13H19FN2O4S. The molecule has 0 aliphatic rings. The lowest BCUT2D eigenvalue weighted by atomic mass is 10.3. The summed E-state index contributed by atoms with van der Waals surface area (Å²) in [7, 11) is -4.05. The summed E-state index contributed by atoms with van der Waals surface area (Å²) in [6.45, 7) is 4.56. The number of ether oxygens (including phenoxy) is 1. The Hall–Kier alpha value is -1.67. The summed E-state index contributed by atoms with van der Waals surface area (Å²) in [6.07, 6.45) is 0. The summed E-state index contributed by atoms with van der Waals surface area (Å²) < 4.78 is 44.1. The highest BCUT2D eigenvalue weighted by atomic mass is 32.2. The Kier molecular flexibility index (Phi) is 5.68. The normalized spacial score (nSPS) is 11.9. The maximum Gasteiger partial charge on any atom is 0.321 e. The highest BCUT2D eigenvalue weighted by molar-refractivity contribution is 7.89. The monoisotopic (exact) mass is 318 g/mol. The van der Waals surface area contributed by atoms with E-state index in [0.717, 1.165) is 22.5 Å². The van der Waals surface area contributed by atoms with Crippen molar-refractivity contribution in [3.8, 4) is 0 Å². The van der Waals surface area contributed by atoms with Gasteiger partial charge in [-0.1, -0.05) is 0 Å². The molecule has 8 heteroatoms. The van der Waals surface area contributed by atoms with Crippen molar-refractivity contribution in [2.75, 3.05) is 18.9 Å². The number of sulfonamides is 1. The molecule has 0 aromatic heterocycles. The molecule has 6 nitrogen and oxygen atoms in total. The van der Waals surface area contributed by atoms with Crippen molar-refractivity contribution in [1.29, 1.82) is 0 Å². The molecule has 0 bridgehead atoms. The van der Waals surface area contributed by atoms with Gasteiger partial charge in [0.2, 0.25) is 10.0 Å². The van der Waals surface area contributed by atoms with Gasteiger partial charge in [-0.05, 0) is 39.0 Å². The first-order chi connectivity index (χ1) is 9.68. The van der Waals surface area contributed by atoms with Crippen LogP contribution in [-0.2, 0) is 19.6 Å². The van der Waals surface area contributed by atoms with Gasteiger partial charge in [0.05, 0.1) is 11.5 Å². The number of hydrogen-bond donors (Lipinski definition) is 1. The van der Waals surface area contributed by atoms with Crippen molar-refractivity contribution in [2.24, 2.45) is 0 Å². The van der Waals surface area contributed by atoms with E-state index in [-0.39, 0.29) is 17.2 Å². The van der Waals surface area contributed by atoms with Crippen LogP contribution in [0.3, 0.4) is 0 Å². The lowest BCUT2D eigenvalue weighted by molar-refractivity contribution is -0.143. The molecule has 118 valence electrons. The van der Waals surface area contributed by atoms with Crippen molar-refractivity contribution in [1.82, 2.24) is 4.31 Å². The van der Waals surface area contributed by atoms with Crippen LogP contribution in [0.2, 0.25) is 0 Å². The molecule has 0 saturated carbocycles. The van der Waals surface area contributed by atoms with Crippen LogP contribution < -0.4 is 5.73 Å². The number of esters is 1. The van der Waals surface area contributed by atoms with Crippen molar-refractivity contribution in [2.45, 2.75) is 31.7 Å². The fourth-order valence-electron chi connectivity index (χ4n) is 1.75. The average molecular weight is 318 g/mol. The SMILES string of the molecule is CCOC(=O)CN(C(C)C)S(=O)(=O)c1cc(N)cc(F)c1. The number of anilines is 1. The van der Waals surface area contributed by atoms with E-state index in [2.05, 4.69) is 0 Å². The fourth-order valence-corrected chi connectivity index (χ4v) is 3.40. The van der Waals surface area contributed by atoms with Crippen LogP contribution in [0.1, 0.15) is 20.8 Å². The Bertz CT molecular complexity index is 596. The molecular weight excluding hydrogens is 299 g/mol. The van der Waals surface area contributed by atoms with E-state index in [0.29, 0.717) is 0 Å². The molecule has 0 saturated heterocycles. The number of halogens is 1. The lowest BCUT2D eigenvalue weighted by Gasteiger charge is -2.25. The summed E-state index contributed by atoms with van der Waals surface area (Å²) in [5.41, 5.74) is 5.46. The second kappa shape index (κ2) is 6.86. The number of carbonyl (C=O) groups excluding carboxylic acids is 1. The standard InChI is InChI=1S/C13H19FN2O4S/c1-4-20-13(17)8-16(9(2)3)21(18,19)12-6-10(14)5-11(15)7-12/h5-7,9H,4,8,15H2,1-3H3. The first-order valence-electron chi connectivity index (χ1n) is 6.42. The van der Waals surface area contributed by atoms with Crippen LogP contribution in [0.5, 0.6) is 0 Å². The number of benzene rings is 1. The Morgan fingerprint density at radius 1 is 1.38 bits per heavy atom. The predicted octanol–water partition coefficient (Wildman–Crippen LogP) is 1.37.